The molecule has 0 bridgehead atoms. The number of hydrogen-bond donors (Lipinski definition) is 0. The lowest BCUT2D eigenvalue weighted by atomic mass is 10.1. The van der Waals surface area contributed by atoms with E-state index < -0.39 is 0 Å². The van der Waals surface area contributed by atoms with Crippen LogP contribution >= 0.6 is 0 Å². The molecule has 3 heteroatoms. The number of methoxy groups -OCH3 is 1. The number of hydrogen-bond acceptors (Lipinski definition) is 3. The Labute approximate surface area is 103 Å². The second kappa shape index (κ2) is 6.40. The summed E-state index contributed by atoms with van der Waals surface area (Å²) in [6.07, 6.45) is 0. The van der Waals surface area contributed by atoms with Gasteiger partial charge in [0.25, 0.3) is 0 Å². The number of likely N-dealkylation sites (N-methyl/N-ethyl adjacent to an activating group) is 1. The average molecular weight is 235 g/mol. The lowest BCUT2D eigenvalue weighted by Crippen LogP contribution is -2.37. The molecule has 0 N–H and O–H groups in total. The van der Waals surface area contributed by atoms with E-state index in [1.807, 2.05) is 24.3 Å². The summed E-state index contributed by atoms with van der Waals surface area (Å²) in [5, 5.41) is 0. The summed E-state index contributed by atoms with van der Waals surface area (Å²) in [7, 11) is 1.70. The van der Waals surface area contributed by atoms with Gasteiger partial charge in [0.2, 0.25) is 0 Å². The van der Waals surface area contributed by atoms with Crippen molar-refractivity contribution in [3.05, 3.63) is 29.8 Å². The van der Waals surface area contributed by atoms with Gasteiger partial charge in [-0.25, -0.2) is 0 Å². The fraction of sp³-hybridized carbons (Fsp3) is 0.500. The van der Waals surface area contributed by atoms with Crippen molar-refractivity contribution in [2.45, 2.75) is 26.8 Å². The highest BCUT2D eigenvalue weighted by molar-refractivity contribution is 5.99. The lowest BCUT2D eigenvalue weighted by molar-refractivity contribution is 0.101. The number of para-hydroxylation sites is 1. The number of benzene rings is 1. The maximum Gasteiger partial charge on any atom is 0.161 e. The first-order chi connectivity index (χ1) is 8.11. The Balaban J connectivity index is 3.06. The van der Waals surface area contributed by atoms with Gasteiger partial charge in [-0.3, -0.25) is 4.79 Å². The molecule has 1 aromatic rings. The molecule has 1 atom stereocenters. The molecular weight excluding hydrogens is 214 g/mol. The first kappa shape index (κ1) is 13.7. The summed E-state index contributed by atoms with van der Waals surface area (Å²) >= 11 is 0. The summed E-state index contributed by atoms with van der Waals surface area (Å²) in [5.74, 6) is 0.101. The molecule has 1 aromatic carbocycles. The summed E-state index contributed by atoms with van der Waals surface area (Å²) in [6, 6.07) is 7.98. The van der Waals surface area contributed by atoms with Gasteiger partial charge in [-0.15, -0.1) is 0 Å². The van der Waals surface area contributed by atoms with Gasteiger partial charge < -0.3 is 9.64 Å². The van der Waals surface area contributed by atoms with Crippen molar-refractivity contribution < 1.29 is 9.53 Å². The summed E-state index contributed by atoms with van der Waals surface area (Å²) in [4.78, 5) is 13.8. The van der Waals surface area contributed by atoms with E-state index in [0.29, 0.717) is 6.61 Å². The molecule has 3 nitrogen and oxygen atoms in total. The molecule has 17 heavy (non-hydrogen) atoms. The zero-order valence-corrected chi connectivity index (χ0v) is 11.1. The molecule has 0 radical (unpaired) electrons. The van der Waals surface area contributed by atoms with Gasteiger partial charge in [0, 0.05) is 30.9 Å². The topological polar surface area (TPSA) is 29.5 Å². The summed E-state index contributed by atoms with van der Waals surface area (Å²) in [5.41, 5.74) is 1.77. The Bertz CT molecular complexity index is 376. The largest absolute Gasteiger partial charge is 0.383 e. The molecule has 1 rings (SSSR count). The van der Waals surface area contributed by atoms with Crippen LogP contribution in [0.4, 0.5) is 5.69 Å². The van der Waals surface area contributed by atoms with Gasteiger partial charge in [-0.1, -0.05) is 12.1 Å². The molecule has 0 heterocycles. The zero-order chi connectivity index (χ0) is 12.8. The molecule has 0 aliphatic rings. The van der Waals surface area contributed by atoms with Crippen LogP contribution < -0.4 is 4.90 Å². The van der Waals surface area contributed by atoms with Crippen LogP contribution in [0.5, 0.6) is 0 Å². The van der Waals surface area contributed by atoms with E-state index in [4.69, 9.17) is 4.74 Å². The fourth-order valence-electron chi connectivity index (χ4n) is 2.07. The molecule has 0 saturated carbocycles. The van der Waals surface area contributed by atoms with Gasteiger partial charge in [-0.05, 0) is 32.9 Å². The standard InChI is InChI=1S/C14H21NO2/c1-5-15(11(2)10-17-4)14-9-7-6-8-13(14)12(3)16/h6-9,11H,5,10H2,1-4H3. The van der Waals surface area contributed by atoms with Gasteiger partial charge in [0.05, 0.1) is 6.61 Å². The molecule has 94 valence electrons. The molecule has 0 aromatic heterocycles. The van der Waals surface area contributed by atoms with Gasteiger partial charge >= 0.3 is 0 Å². The van der Waals surface area contributed by atoms with Crippen LogP contribution in [0, 0.1) is 0 Å². The third-order valence-electron chi connectivity index (χ3n) is 2.87. The van der Waals surface area contributed by atoms with E-state index in [9.17, 15) is 4.79 Å². The minimum Gasteiger partial charge on any atom is -0.383 e. The number of ether oxygens (including phenoxy) is 1. The Kier molecular flexibility index (Phi) is 5.16. The van der Waals surface area contributed by atoms with Crippen molar-refractivity contribution in [3.8, 4) is 0 Å². The van der Waals surface area contributed by atoms with E-state index in [0.717, 1.165) is 17.8 Å². The number of ketones is 1. The van der Waals surface area contributed by atoms with E-state index in [1.54, 1.807) is 14.0 Å². The van der Waals surface area contributed by atoms with Crippen molar-refractivity contribution in [1.82, 2.24) is 0 Å². The molecule has 0 fully saturated rings. The number of anilines is 1. The number of carbonyl (C=O) groups excluding carboxylic acids is 1. The zero-order valence-electron chi connectivity index (χ0n) is 11.1. The van der Waals surface area contributed by atoms with Crippen molar-refractivity contribution in [2.24, 2.45) is 0 Å². The predicted octanol–water partition coefficient (Wildman–Crippen LogP) is 2.75. The fourth-order valence-corrected chi connectivity index (χ4v) is 2.07. The lowest BCUT2D eigenvalue weighted by Gasteiger charge is -2.31. The van der Waals surface area contributed by atoms with Crippen molar-refractivity contribution in [1.29, 1.82) is 0 Å². The first-order valence-corrected chi connectivity index (χ1v) is 5.97. The Morgan fingerprint density at radius 1 is 1.41 bits per heavy atom. The van der Waals surface area contributed by atoms with Crippen LogP contribution in [0.25, 0.3) is 0 Å². The Morgan fingerprint density at radius 3 is 2.59 bits per heavy atom. The van der Waals surface area contributed by atoms with Crippen LogP contribution in [0.2, 0.25) is 0 Å². The Hall–Kier alpha value is -1.35. The van der Waals surface area contributed by atoms with Crippen LogP contribution in [0.15, 0.2) is 24.3 Å². The number of rotatable bonds is 6. The van der Waals surface area contributed by atoms with Gasteiger partial charge in [0.1, 0.15) is 0 Å². The number of nitrogens with zero attached hydrogens (tertiary/aromatic N) is 1. The average Bonchev–Trinajstić information content (AvgIpc) is 2.31. The van der Waals surface area contributed by atoms with Crippen molar-refractivity contribution in [2.75, 3.05) is 25.2 Å². The second-order valence-electron chi connectivity index (χ2n) is 4.16. The van der Waals surface area contributed by atoms with Gasteiger partial charge in [0.15, 0.2) is 5.78 Å². The van der Waals surface area contributed by atoms with E-state index >= 15 is 0 Å². The van der Waals surface area contributed by atoms with Crippen molar-refractivity contribution in [3.63, 3.8) is 0 Å². The van der Waals surface area contributed by atoms with Gasteiger partial charge in [-0.2, -0.15) is 0 Å². The quantitative estimate of drug-likeness (QED) is 0.710. The minimum atomic E-state index is 0.101. The Morgan fingerprint density at radius 2 is 2.06 bits per heavy atom. The predicted molar refractivity (Wildman–Crippen MR) is 70.8 cm³/mol. The molecule has 0 spiro atoms. The third-order valence-corrected chi connectivity index (χ3v) is 2.87. The van der Waals surface area contributed by atoms with Crippen molar-refractivity contribution >= 4 is 11.5 Å². The van der Waals surface area contributed by atoms with E-state index in [1.165, 1.54) is 0 Å². The molecule has 0 amide bonds. The normalized spacial score (nSPS) is 12.2. The van der Waals surface area contributed by atoms with Crippen LogP contribution in [0.1, 0.15) is 31.1 Å². The molecular formula is C14H21NO2. The summed E-state index contributed by atoms with van der Waals surface area (Å²) in [6.45, 7) is 7.30. The molecule has 0 saturated heterocycles. The highest BCUT2D eigenvalue weighted by Crippen LogP contribution is 2.22. The monoisotopic (exact) mass is 235 g/mol. The van der Waals surface area contributed by atoms with E-state index in [-0.39, 0.29) is 11.8 Å². The maximum atomic E-state index is 11.6. The van der Waals surface area contributed by atoms with E-state index in [2.05, 4.69) is 18.7 Å². The highest BCUT2D eigenvalue weighted by Gasteiger charge is 2.17. The third kappa shape index (κ3) is 3.30. The minimum absolute atomic E-state index is 0.101. The number of Topliss-reactive ketones (excluding diaryl/α,β-unsaturated/α-hetero) is 1. The van der Waals surface area contributed by atoms with Crippen LogP contribution in [-0.4, -0.2) is 32.1 Å². The smallest absolute Gasteiger partial charge is 0.161 e. The maximum absolute atomic E-state index is 11.6. The number of carbonyl (C=O) groups is 1. The molecule has 1 unspecified atom stereocenters. The van der Waals surface area contributed by atoms with Crippen LogP contribution in [0.3, 0.4) is 0 Å². The summed E-state index contributed by atoms with van der Waals surface area (Å²) < 4.78 is 5.18. The highest BCUT2D eigenvalue weighted by atomic mass is 16.5. The SMILES string of the molecule is CCN(c1ccccc1C(C)=O)C(C)COC. The molecule has 0 aliphatic carbocycles. The second-order valence-corrected chi connectivity index (χ2v) is 4.16. The molecule has 0 aliphatic heterocycles. The first-order valence-electron chi connectivity index (χ1n) is 5.97. The van der Waals surface area contributed by atoms with Crippen LogP contribution in [-0.2, 0) is 4.74 Å².